The predicted molar refractivity (Wildman–Crippen MR) is 129 cm³/mol. The molecule has 10 nitrogen and oxygen atoms in total. The molecule has 2 aliphatic heterocycles. The number of benzene rings is 1. The number of hydrogen-bond donors (Lipinski definition) is 3. The molecule has 4 N–H and O–H groups in total. The van der Waals surface area contributed by atoms with Crippen LogP contribution in [0.5, 0.6) is 5.88 Å². The van der Waals surface area contributed by atoms with E-state index < -0.39 is 18.0 Å². The number of nitrogen functional groups attached to an aromatic ring is 1. The Balaban J connectivity index is 1.43. The minimum Gasteiger partial charge on any atom is -0.474 e. The van der Waals surface area contributed by atoms with E-state index >= 15 is 4.39 Å². The number of amides is 2. The summed E-state index contributed by atoms with van der Waals surface area (Å²) in [4.78, 5) is 34.4. The third-order valence-electron chi connectivity index (χ3n) is 6.30. The maximum Gasteiger partial charge on any atom is 0.413 e. The largest absolute Gasteiger partial charge is 0.474 e. The number of pyridine rings is 2. The lowest BCUT2D eigenvalue weighted by atomic mass is 9.97. The van der Waals surface area contributed by atoms with Crippen molar-refractivity contribution in [3.63, 3.8) is 0 Å². The van der Waals surface area contributed by atoms with Crippen molar-refractivity contribution in [2.75, 3.05) is 42.6 Å². The summed E-state index contributed by atoms with van der Waals surface area (Å²) in [5.74, 6) is 0.0682. The fourth-order valence-electron chi connectivity index (χ4n) is 4.46. The van der Waals surface area contributed by atoms with E-state index in [0.29, 0.717) is 48.5 Å². The van der Waals surface area contributed by atoms with E-state index in [2.05, 4.69) is 20.6 Å². The van der Waals surface area contributed by atoms with Gasteiger partial charge in [-0.3, -0.25) is 10.1 Å². The van der Waals surface area contributed by atoms with Crippen LogP contribution in [0.25, 0.3) is 21.9 Å². The summed E-state index contributed by atoms with van der Waals surface area (Å²) in [6.07, 6.45) is 1.88. The van der Waals surface area contributed by atoms with Crippen LogP contribution in [0, 0.1) is 12.7 Å². The van der Waals surface area contributed by atoms with Gasteiger partial charge in [-0.1, -0.05) is 0 Å². The van der Waals surface area contributed by atoms with Gasteiger partial charge in [0.05, 0.1) is 18.7 Å². The van der Waals surface area contributed by atoms with Gasteiger partial charge in [-0.05, 0) is 36.9 Å². The Bertz CT molecular complexity index is 1350. The lowest BCUT2D eigenvalue weighted by Gasteiger charge is -2.22. The maximum absolute atomic E-state index is 15.3. The monoisotopic (exact) mass is 480 g/mol. The van der Waals surface area contributed by atoms with Crippen molar-refractivity contribution >= 4 is 40.0 Å². The predicted octanol–water partition coefficient (Wildman–Crippen LogP) is 3.30. The summed E-state index contributed by atoms with van der Waals surface area (Å²) in [5, 5.41) is 6.82. The lowest BCUT2D eigenvalue weighted by Crippen LogP contribution is -2.28. The number of ether oxygens (including phenoxy) is 2. The lowest BCUT2D eigenvalue weighted by molar-refractivity contribution is -0.127. The van der Waals surface area contributed by atoms with E-state index in [9.17, 15) is 9.59 Å². The number of rotatable bonds is 4. The molecule has 0 spiro atoms. The highest BCUT2D eigenvalue weighted by molar-refractivity contribution is 5.99. The molecule has 0 saturated carbocycles. The molecule has 0 radical (unpaired) electrons. The van der Waals surface area contributed by atoms with Crippen LogP contribution in [0.2, 0.25) is 0 Å². The Kier molecular flexibility index (Phi) is 5.75. The number of carbonyl (C=O) groups is 2. The smallest absolute Gasteiger partial charge is 0.413 e. The van der Waals surface area contributed by atoms with Crippen molar-refractivity contribution < 1.29 is 23.5 Å². The van der Waals surface area contributed by atoms with Crippen LogP contribution in [-0.4, -0.2) is 59.2 Å². The summed E-state index contributed by atoms with van der Waals surface area (Å²) in [5.41, 5.74) is 8.43. The normalized spacial score (nSPS) is 17.1. The van der Waals surface area contributed by atoms with Crippen molar-refractivity contribution in [2.24, 2.45) is 0 Å². The Morgan fingerprint density at radius 2 is 2.17 bits per heavy atom. The van der Waals surface area contributed by atoms with Gasteiger partial charge in [0, 0.05) is 42.0 Å². The minimum absolute atomic E-state index is 0.0483. The molecule has 11 heteroatoms. The van der Waals surface area contributed by atoms with E-state index in [4.69, 9.17) is 15.2 Å². The molecule has 4 heterocycles. The SMILES string of the molecule is CCN1CC(OC(=O)Nc2cc3cc(-c4cnc5c(c4C)NCCO5)c(F)c(N)c3cn2)CC1=O. The third kappa shape index (κ3) is 4.13. The zero-order chi connectivity index (χ0) is 24.7. The summed E-state index contributed by atoms with van der Waals surface area (Å²) in [7, 11) is 0. The van der Waals surface area contributed by atoms with Crippen LogP contribution in [-0.2, 0) is 9.53 Å². The number of nitrogens with zero attached hydrogens (tertiary/aromatic N) is 3. The molecule has 1 aromatic carbocycles. The van der Waals surface area contributed by atoms with E-state index in [-0.39, 0.29) is 29.4 Å². The average Bonchev–Trinajstić information content (AvgIpc) is 3.20. The molecule has 1 unspecified atom stereocenters. The molecule has 1 saturated heterocycles. The molecular weight excluding hydrogens is 455 g/mol. The first kappa shape index (κ1) is 22.6. The first-order chi connectivity index (χ1) is 16.9. The third-order valence-corrected chi connectivity index (χ3v) is 6.30. The fourth-order valence-corrected chi connectivity index (χ4v) is 4.46. The molecule has 182 valence electrons. The van der Waals surface area contributed by atoms with Crippen LogP contribution >= 0.6 is 0 Å². The Labute approximate surface area is 200 Å². The number of fused-ring (bicyclic) bond motifs is 2. The van der Waals surface area contributed by atoms with Crippen molar-refractivity contribution in [2.45, 2.75) is 26.4 Å². The number of likely N-dealkylation sites (tertiary alicyclic amines) is 1. The number of aromatic nitrogens is 2. The van der Waals surface area contributed by atoms with Crippen LogP contribution < -0.4 is 21.1 Å². The van der Waals surface area contributed by atoms with E-state index in [1.165, 1.54) is 6.20 Å². The maximum atomic E-state index is 15.3. The molecule has 2 amide bonds. The average molecular weight is 481 g/mol. The standard InChI is InChI=1S/C24H25FN6O4/c1-3-31-11-14(8-19(31)32)35-24(33)30-18-7-13-6-15(20(25)21(26)17(13)10-28-18)16-9-29-23-22(12(16)2)27-4-5-34-23/h6-7,9-10,14,27H,3-5,8,11,26H2,1-2H3,(H,28,30,33). The second-order valence-corrected chi connectivity index (χ2v) is 8.48. The van der Waals surface area contributed by atoms with Crippen LogP contribution in [0.3, 0.4) is 0 Å². The zero-order valence-electron chi connectivity index (χ0n) is 19.4. The van der Waals surface area contributed by atoms with Gasteiger partial charge in [0.2, 0.25) is 11.8 Å². The second-order valence-electron chi connectivity index (χ2n) is 8.48. The number of nitrogens with two attached hydrogens (primary N) is 1. The van der Waals surface area contributed by atoms with Gasteiger partial charge >= 0.3 is 6.09 Å². The zero-order valence-corrected chi connectivity index (χ0v) is 19.4. The summed E-state index contributed by atoms with van der Waals surface area (Å²) in [6.45, 7) is 5.80. The number of carbonyl (C=O) groups excluding carboxylic acids is 2. The molecule has 35 heavy (non-hydrogen) atoms. The fraction of sp³-hybridized carbons (Fsp3) is 0.333. The van der Waals surface area contributed by atoms with E-state index in [0.717, 1.165) is 11.3 Å². The van der Waals surface area contributed by atoms with Gasteiger partial charge in [0.1, 0.15) is 24.2 Å². The number of hydrogen-bond acceptors (Lipinski definition) is 8. The molecular formula is C24H25FN6O4. The summed E-state index contributed by atoms with van der Waals surface area (Å²) in [6, 6.07) is 3.24. The number of anilines is 3. The Morgan fingerprint density at radius 1 is 1.34 bits per heavy atom. The summed E-state index contributed by atoms with van der Waals surface area (Å²) >= 11 is 0. The molecule has 0 bridgehead atoms. The van der Waals surface area contributed by atoms with Crippen molar-refractivity contribution in [1.82, 2.24) is 14.9 Å². The van der Waals surface area contributed by atoms with E-state index in [1.54, 1.807) is 23.2 Å². The van der Waals surface area contributed by atoms with E-state index in [1.807, 2.05) is 13.8 Å². The Hall–Kier alpha value is -4.15. The van der Waals surface area contributed by atoms with Gasteiger partial charge in [0.25, 0.3) is 0 Å². The van der Waals surface area contributed by atoms with Gasteiger partial charge in [-0.2, -0.15) is 0 Å². The highest BCUT2D eigenvalue weighted by Crippen LogP contribution is 2.39. The Morgan fingerprint density at radius 3 is 2.94 bits per heavy atom. The van der Waals surface area contributed by atoms with Crippen molar-refractivity contribution in [3.05, 3.63) is 35.9 Å². The molecule has 0 aliphatic carbocycles. The van der Waals surface area contributed by atoms with Crippen molar-refractivity contribution in [1.29, 1.82) is 0 Å². The summed E-state index contributed by atoms with van der Waals surface area (Å²) < 4.78 is 26.2. The van der Waals surface area contributed by atoms with Crippen LogP contribution in [0.1, 0.15) is 18.9 Å². The molecule has 2 aromatic heterocycles. The quantitative estimate of drug-likeness (QED) is 0.485. The van der Waals surface area contributed by atoms with Crippen LogP contribution in [0.15, 0.2) is 24.5 Å². The molecule has 5 rings (SSSR count). The first-order valence-electron chi connectivity index (χ1n) is 11.4. The highest BCUT2D eigenvalue weighted by atomic mass is 19.1. The molecule has 1 fully saturated rings. The topological polar surface area (TPSA) is 132 Å². The van der Waals surface area contributed by atoms with Crippen LogP contribution in [0.4, 0.5) is 26.4 Å². The van der Waals surface area contributed by atoms with Crippen molar-refractivity contribution in [3.8, 4) is 17.0 Å². The molecule has 2 aliphatic rings. The first-order valence-corrected chi connectivity index (χ1v) is 11.4. The number of likely N-dealkylation sites (N-methyl/N-ethyl adjacent to an activating group) is 1. The van der Waals surface area contributed by atoms with Gasteiger partial charge < -0.3 is 25.4 Å². The molecule has 3 aromatic rings. The van der Waals surface area contributed by atoms with Gasteiger partial charge in [0.15, 0.2) is 5.82 Å². The molecule has 1 atom stereocenters. The van der Waals surface area contributed by atoms with Gasteiger partial charge in [-0.25, -0.2) is 19.2 Å². The number of nitrogens with one attached hydrogen (secondary N) is 2. The number of halogens is 1. The second kappa shape index (κ2) is 8.90. The highest BCUT2D eigenvalue weighted by Gasteiger charge is 2.31. The minimum atomic E-state index is -0.719. The van der Waals surface area contributed by atoms with Gasteiger partial charge in [-0.15, -0.1) is 0 Å².